The van der Waals surface area contributed by atoms with Crippen molar-refractivity contribution in [1.82, 2.24) is 4.98 Å². The zero-order valence-corrected chi connectivity index (χ0v) is 5.50. The second-order valence-electron chi connectivity index (χ2n) is 1.72. The van der Waals surface area contributed by atoms with Gasteiger partial charge in [-0.3, -0.25) is 0 Å². The first kappa shape index (κ1) is 7.24. The molecule has 0 atom stereocenters. The Kier molecular flexibility index (Phi) is 2.20. The van der Waals surface area contributed by atoms with Gasteiger partial charge in [-0.25, -0.2) is 9.37 Å². The Bertz CT molecular complexity index is 354. The Morgan fingerprint density at radius 3 is 3.00 bits per heavy atom. The first-order valence-electron chi connectivity index (χ1n) is 2.84. The molecule has 0 bridgehead atoms. The topological polar surface area (TPSA) is 36.7 Å². The van der Waals surface area contributed by atoms with Crippen molar-refractivity contribution >= 4 is 0 Å². The number of hydrogen-bond acceptors (Lipinski definition) is 2. The van der Waals surface area contributed by atoms with Gasteiger partial charge in [-0.2, -0.15) is 5.26 Å². The zero-order chi connectivity index (χ0) is 8.10. The third-order valence-corrected chi connectivity index (χ3v) is 0.968. The lowest BCUT2D eigenvalue weighted by molar-refractivity contribution is 0.625. The van der Waals surface area contributed by atoms with Gasteiger partial charge in [0.05, 0.1) is 0 Å². The molecule has 52 valence electrons. The van der Waals surface area contributed by atoms with Gasteiger partial charge in [-0.15, -0.1) is 0 Å². The number of rotatable bonds is 0. The van der Waals surface area contributed by atoms with E-state index in [1.54, 1.807) is 6.07 Å². The molecular formula is C8H3FN2. The minimum absolute atomic E-state index is 0.270. The molecule has 0 radical (unpaired) electrons. The van der Waals surface area contributed by atoms with Gasteiger partial charge in [0, 0.05) is 18.2 Å². The maximum atomic E-state index is 12.4. The fourth-order valence-corrected chi connectivity index (χ4v) is 0.565. The predicted molar refractivity (Wildman–Crippen MR) is 36.7 cm³/mol. The van der Waals surface area contributed by atoms with E-state index in [1.807, 2.05) is 0 Å². The summed E-state index contributed by atoms with van der Waals surface area (Å²) in [6.07, 6.45) is 1.30. The zero-order valence-electron chi connectivity index (χ0n) is 5.50. The molecule has 0 saturated carbocycles. The Morgan fingerprint density at radius 2 is 2.36 bits per heavy atom. The largest absolute Gasteiger partial charge is 0.248 e. The summed E-state index contributed by atoms with van der Waals surface area (Å²) in [7, 11) is 0. The van der Waals surface area contributed by atoms with E-state index in [4.69, 9.17) is 5.26 Å². The van der Waals surface area contributed by atoms with Gasteiger partial charge in [0.25, 0.3) is 0 Å². The molecule has 11 heavy (non-hydrogen) atoms. The molecule has 0 aliphatic rings. The lowest BCUT2D eigenvalue weighted by Crippen LogP contribution is -1.82. The summed E-state index contributed by atoms with van der Waals surface area (Å²) in [5.41, 5.74) is 0.270. The number of hydrogen-bond donors (Lipinski definition) is 0. The van der Waals surface area contributed by atoms with Crippen molar-refractivity contribution in [2.24, 2.45) is 0 Å². The van der Waals surface area contributed by atoms with E-state index in [0.29, 0.717) is 0 Å². The highest BCUT2D eigenvalue weighted by Gasteiger charge is 1.89. The lowest BCUT2D eigenvalue weighted by Gasteiger charge is -1.86. The van der Waals surface area contributed by atoms with Crippen LogP contribution in [0.3, 0.4) is 0 Å². The second-order valence-corrected chi connectivity index (χ2v) is 1.72. The molecule has 1 aromatic rings. The van der Waals surface area contributed by atoms with Crippen molar-refractivity contribution in [1.29, 1.82) is 5.26 Å². The van der Waals surface area contributed by atoms with Crippen LogP contribution >= 0.6 is 0 Å². The van der Waals surface area contributed by atoms with Crippen LogP contribution in [-0.2, 0) is 0 Å². The molecule has 0 spiro atoms. The van der Waals surface area contributed by atoms with E-state index >= 15 is 0 Å². The van der Waals surface area contributed by atoms with Crippen molar-refractivity contribution in [3.8, 4) is 17.9 Å². The van der Waals surface area contributed by atoms with Crippen LogP contribution in [0.4, 0.5) is 4.39 Å². The van der Waals surface area contributed by atoms with E-state index in [-0.39, 0.29) is 5.69 Å². The van der Waals surface area contributed by atoms with Crippen LogP contribution in [0.25, 0.3) is 0 Å². The van der Waals surface area contributed by atoms with Crippen molar-refractivity contribution in [3.05, 3.63) is 29.8 Å². The standard InChI is InChI=1S/C8H3FN2/c9-7-3-5-11-8(6-7)2-1-4-10/h3,5-6H. The highest BCUT2D eigenvalue weighted by Crippen LogP contribution is 1.96. The smallest absolute Gasteiger partial charge is 0.152 e. The van der Waals surface area contributed by atoms with Crippen LogP contribution in [0.2, 0.25) is 0 Å². The van der Waals surface area contributed by atoms with Crippen LogP contribution in [0.1, 0.15) is 5.69 Å². The van der Waals surface area contributed by atoms with Crippen molar-refractivity contribution in [2.75, 3.05) is 0 Å². The molecule has 1 aromatic heterocycles. The maximum absolute atomic E-state index is 12.4. The van der Waals surface area contributed by atoms with Crippen molar-refractivity contribution in [3.63, 3.8) is 0 Å². The highest BCUT2D eigenvalue weighted by atomic mass is 19.1. The number of pyridine rings is 1. The van der Waals surface area contributed by atoms with E-state index in [9.17, 15) is 4.39 Å². The summed E-state index contributed by atoms with van der Waals surface area (Å²) in [4.78, 5) is 3.71. The Hall–Kier alpha value is -1.87. The molecule has 2 nitrogen and oxygen atoms in total. The third-order valence-electron chi connectivity index (χ3n) is 0.968. The average Bonchev–Trinajstić information content (AvgIpc) is 2.01. The normalized spacial score (nSPS) is 7.64. The number of aromatic nitrogens is 1. The average molecular weight is 146 g/mol. The molecule has 0 unspecified atom stereocenters. The molecular weight excluding hydrogens is 143 g/mol. The fraction of sp³-hybridized carbons (Fsp3) is 0. The van der Waals surface area contributed by atoms with Crippen LogP contribution in [0, 0.1) is 29.0 Å². The minimum Gasteiger partial charge on any atom is -0.248 e. The maximum Gasteiger partial charge on any atom is 0.152 e. The van der Waals surface area contributed by atoms with Gasteiger partial charge in [0.2, 0.25) is 0 Å². The Labute approximate surface area is 63.3 Å². The SMILES string of the molecule is N#CC#Cc1cc(F)ccn1. The van der Waals surface area contributed by atoms with Gasteiger partial charge in [0.1, 0.15) is 11.5 Å². The van der Waals surface area contributed by atoms with E-state index in [2.05, 4.69) is 16.8 Å². The number of nitriles is 1. The Balaban J connectivity index is 2.99. The van der Waals surface area contributed by atoms with Gasteiger partial charge in [0.15, 0.2) is 6.07 Å². The van der Waals surface area contributed by atoms with Crippen molar-refractivity contribution < 1.29 is 4.39 Å². The summed E-state index contributed by atoms with van der Waals surface area (Å²) < 4.78 is 12.4. The van der Waals surface area contributed by atoms with E-state index in [0.717, 1.165) is 0 Å². The molecule has 1 heterocycles. The number of nitrogens with zero attached hydrogens (tertiary/aromatic N) is 2. The van der Waals surface area contributed by atoms with Gasteiger partial charge < -0.3 is 0 Å². The summed E-state index contributed by atoms with van der Waals surface area (Å²) in [6.45, 7) is 0. The molecule has 0 aliphatic carbocycles. The quantitative estimate of drug-likeness (QED) is 0.514. The van der Waals surface area contributed by atoms with Crippen LogP contribution in [0.5, 0.6) is 0 Å². The molecule has 0 saturated heterocycles. The molecule has 0 aromatic carbocycles. The molecule has 0 amide bonds. The summed E-state index contributed by atoms with van der Waals surface area (Å²) >= 11 is 0. The third kappa shape index (κ3) is 2.08. The first-order chi connectivity index (χ1) is 5.33. The van der Waals surface area contributed by atoms with Crippen LogP contribution in [-0.4, -0.2) is 4.98 Å². The molecule has 1 rings (SSSR count). The summed E-state index contributed by atoms with van der Waals surface area (Å²) in [5.74, 6) is 4.09. The van der Waals surface area contributed by atoms with Crippen LogP contribution in [0.15, 0.2) is 18.3 Å². The molecule has 3 heteroatoms. The fourth-order valence-electron chi connectivity index (χ4n) is 0.565. The second kappa shape index (κ2) is 3.34. The van der Waals surface area contributed by atoms with Crippen molar-refractivity contribution in [2.45, 2.75) is 0 Å². The minimum atomic E-state index is -0.401. The summed E-state index contributed by atoms with van der Waals surface area (Å²) in [5, 5.41) is 8.05. The summed E-state index contributed by atoms with van der Waals surface area (Å²) in [6, 6.07) is 4.00. The lowest BCUT2D eigenvalue weighted by atomic mass is 10.3. The van der Waals surface area contributed by atoms with Gasteiger partial charge >= 0.3 is 0 Å². The van der Waals surface area contributed by atoms with Gasteiger partial charge in [-0.05, 0) is 12.0 Å². The predicted octanol–water partition coefficient (Wildman–Crippen LogP) is 1.10. The van der Waals surface area contributed by atoms with E-state index in [1.165, 1.54) is 18.3 Å². The van der Waals surface area contributed by atoms with E-state index < -0.39 is 5.82 Å². The molecule has 0 N–H and O–H groups in total. The molecule has 0 aliphatic heterocycles. The van der Waals surface area contributed by atoms with Gasteiger partial charge in [-0.1, -0.05) is 0 Å². The van der Waals surface area contributed by atoms with Crippen LogP contribution < -0.4 is 0 Å². The molecule has 0 fully saturated rings. The monoisotopic (exact) mass is 146 g/mol. The highest BCUT2D eigenvalue weighted by molar-refractivity contribution is 5.32. The number of halogens is 1. The first-order valence-corrected chi connectivity index (χ1v) is 2.84. The Morgan fingerprint density at radius 1 is 1.55 bits per heavy atom.